The Kier molecular flexibility index (Phi) is 7.67. The molecule has 9 nitrogen and oxygen atoms in total. The Hall–Kier alpha value is -4.27. The van der Waals surface area contributed by atoms with Crippen LogP contribution in [0.15, 0.2) is 67.0 Å². The highest BCUT2D eigenvalue weighted by atomic mass is 16.5. The molecule has 0 unspecified atom stereocenters. The van der Waals surface area contributed by atoms with E-state index >= 15 is 0 Å². The van der Waals surface area contributed by atoms with Gasteiger partial charge in [0.15, 0.2) is 0 Å². The standard InChI is InChI=1S/C26H26N4O5/c31-24(23-27-14-7-15-28-23)29-13-6-5-12-22(25(32)33)30-26(34)35-16-21-19-10-3-1-8-17(19)18-9-2-4-11-20(18)21/h1-4,7-11,14-15,21-22H,5-6,12-13,16H2,(H,29,31)(H,30,34)(H,32,33)/t22-/m0/s1. The summed E-state index contributed by atoms with van der Waals surface area (Å²) < 4.78 is 5.44. The van der Waals surface area contributed by atoms with E-state index in [1.807, 2.05) is 48.5 Å². The highest BCUT2D eigenvalue weighted by Gasteiger charge is 2.29. The van der Waals surface area contributed by atoms with Crippen LogP contribution >= 0.6 is 0 Å². The minimum absolute atomic E-state index is 0.0767. The summed E-state index contributed by atoms with van der Waals surface area (Å²) in [6.45, 7) is 0.453. The topological polar surface area (TPSA) is 131 Å². The summed E-state index contributed by atoms with van der Waals surface area (Å²) >= 11 is 0. The second-order valence-corrected chi connectivity index (χ2v) is 8.18. The quantitative estimate of drug-likeness (QED) is 0.384. The van der Waals surface area contributed by atoms with Gasteiger partial charge in [0.25, 0.3) is 5.91 Å². The zero-order chi connectivity index (χ0) is 24.6. The van der Waals surface area contributed by atoms with Crippen molar-refractivity contribution in [2.45, 2.75) is 31.2 Å². The average molecular weight is 475 g/mol. The summed E-state index contributed by atoms with van der Waals surface area (Å²) in [6, 6.07) is 16.5. The number of rotatable bonds is 10. The summed E-state index contributed by atoms with van der Waals surface area (Å²) in [7, 11) is 0. The number of carboxylic acids is 1. The molecular formula is C26H26N4O5. The molecule has 4 rings (SSSR count). The van der Waals surface area contributed by atoms with Crippen LogP contribution in [0.5, 0.6) is 0 Å². The van der Waals surface area contributed by atoms with Crippen LogP contribution in [0.4, 0.5) is 4.79 Å². The number of nitrogens with zero attached hydrogens (tertiary/aromatic N) is 2. The predicted molar refractivity (Wildman–Crippen MR) is 128 cm³/mol. The molecule has 0 aliphatic heterocycles. The number of fused-ring (bicyclic) bond motifs is 3. The fourth-order valence-corrected chi connectivity index (χ4v) is 4.21. The normalized spacial score (nSPS) is 12.8. The Balaban J connectivity index is 1.24. The zero-order valence-electron chi connectivity index (χ0n) is 19.0. The first-order valence-corrected chi connectivity index (χ1v) is 11.4. The van der Waals surface area contributed by atoms with E-state index in [0.717, 1.165) is 22.3 Å². The van der Waals surface area contributed by atoms with Gasteiger partial charge in [-0.15, -0.1) is 0 Å². The summed E-state index contributed by atoms with van der Waals surface area (Å²) in [5.41, 5.74) is 4.40. The minimum Gasteiger partial charge on any atom is -0.480 e. The van der Waals surface area contributed by atoms with Gasteiger partial charge in [0.05, 0.1) is 0 Å². The molecule has 3 N–H and O–H groups in total. The van der Waals surface area contributed by atoms with Crippen molar-refractivity contribution in [1.82, 2.24) is 20.6 Å². The van der Waals surface area contributed by atoms with Crippen molar-refractivity contribution in [2.75, 3.05) is 13.2 Å². The van der Waals surface area contributed by atoms with Gasteiger partial charge in [-0.2, -0.15) is 0 Å². The number of carbonyl (C=O) groups is 3. The molecule has 0 spiro atoms. The van der Waals surface area contributed by atoms with Crippen LogP contribution < -0.4 is 10.6 Å². The summed E-state index contributed by atoms with van der Waals surface area (Å²) in [5, 5.41) is 14.6. The molecule has 0 saturated carbocycles. The Bertz CT molecular complexity index is 1160. The second-order valence-electron chi connectivity index (χ2n) is 8.18. The van der Waals surface area contributed by atoms with Crippen molar-refractivity contribution in [3.63, 3.8) is 0 Å². The molecule has 180 valence electrons. The number of hydrogen-bond acceptors (Lipinski definition) is 6. The van der Waals surface area contributed by atoms with Gasteiger partial charge in [-0.25, -0.2) is 19.6 Å². The lowest BCUT2D eigenvalue weighted by atomic mass is 9.98. The Morgan fingerprint density at radius 3 is 2.17 bits per heavy atom. The molecule has 35 heavy (non-hydrogen) atoms. The third-order valence-electron chi connectivity index (χ3n) is 5.91. The van der Waals surface area contributed by atoms with E-state index in [2.05, 4.69) is 20.6 Å². The number of aliphatic carboxylic acids is 1. The number of unbranched alkanes of at least 4 members (excludes halogenated alkanes) is 1. The molecular weight excluding hydrogens is 448 g/mol. The third kappa shape index (κ3) is 5.81. The molecule has 0 saturated heterocycles. The van der Waals surface area contributed by atoms with Crippen LogP contribution in [0.3, 0.4) is 0 Å². The lowest BCUT2D eigenvalue weighted by molar-refractivity contribution is -0.139. The predicted octanol–water partition coefficient (Wildman–Crippen LogP) is 3.37. The van der Waals surface area contributed by atoms with Gasteiger partial charge >= 0.3 is 12.1 Å². The van der Waals surface area contributed by atoms with E-state index in [-0.39, 0.29) is 24.8 Å². The lowest BCUT2D eigenvalue weighted by Crippen LogP contribution is -2.41. The molecule has 1 aliphatic rings. The third-order valence-corrected chi connectivity index (χ3v) is 5.91. The first kappa shape index (κ1) is 23.9. The fraction of sp³-hybridized carbons (Fsp3) is 0.269. The molecule has 1 atom stereocenters. The maximum Gasteiger partial charge on any atom is 0.407 e. The zero-order valence-corrected chi connectivity index (χ0v) is 19.0. The van der Waals surface area contributed by atoms with E-state index in [1.54, 1.807) is 6.07 Å². The Morgan fingerprint density at radius 2 is 1.54 bits per heavy atom. The largest absolute Gasteiger partial charge is 0.480 e. The Labute approximate surface area is 202 Å². The number of alkyl carbamates (subject to hydrolysis) is 1. The van der Waals surface area contributed by atoms with Crippen molar-refractivity contribution in [2.24, 2.45) is 0 Å². The maximum atomic E-state index is 12.4. The number of hydrogen-bond donors (Lipinski definition) is 3. The average Bonchev–Trinajstić information content (AvgIpc) is 3.20. The Morgan fingerprint density at radius 1 is 0.914 bits per heavy atom. The van der Waals surface area contributed by atoms with E-state index in [4.69, 9.17) is 4.74 Å². The SMILES string of the molecule is O=C(N[C@@H](CCCCNC(=O)c1ncccn1)C(=O)O)OCC1c2ccccc2-c2ccccc21. The van der Waals surface area contributed by atoms with Gasteiger partial charge in [-0.3, -0.25) is 4.79 Å². The highest BCUT2D eigenvalue weighted by molar-refractivity contribution is 5.90. The maximum absolute atomic E-state index is 12.4. The van der Waals surface area contributed by atoms with Gasteiger partial charge in [0.1, 0.15) is 12.6 Å². The van der Waals surface area contributed by atoms with Crippen LogP contribution in [0.25, 0.3) is 11.1 Å². The van der Waals surface area contributed by atoms with Crippen LogP contribution in [-0.2, 0) is 9.53 Å². The summed E-state index contributed by atoms with van der Waals surface area (Å²) in [5.74, 6) is -1.56. The van der Waals surface area contributed by atoms with Gasteiger partial charge in [0, 0.05) is 24.9 Å². The van der Waals surface area contributed by atoms with Crippen LogP contribution in [-0.4, -0.2) is 52.2 Å². The number of carbonyl (C=O) groups excluding carboxylic acids is 2. The van der Waals surface area contributed by atoms with E-state index < -0.39 is 24.0 Å². The van der Waals surface area contributed by atoms with Gasteiger partial charge in [-0.05, 0) is 47.6 Å². The minimum atomic E-state index is -1.14. The molecule has 3 aromatic rings. The van der Waals surface area contributed by atoms with Crippen LogP contribution in [0.2, 0.25) is 0 Å². The highest BCUT2D eigenvalue weighted by Crippen LogP contribution is 2.44. The molecule has 9 heteroatoms. The molecule has 1 aliphatic carbocycles. The second kappa shape index (κ2) is 11.2. The molecule has 2 aromatic carbocycles. The number of ether oxygens (including phenoxy) is 1. The van der Waals surface area contributed by atoms with E-state index in [1.165, 1.54) is 12.4 Å². The molecule has 1 aromatic heterocycles. The summed E-state index contributed by atoms with van der Waals surface area (Å²) in [6.07, 6.45) is 3.42. The van der Waals surface area contributed by atoms with Crippen molar-refractivity contribution < 1.29 is 24.2 Å². The van der Waals surface area contributed by atoms with E-state index in [0.29, 0.717) is 19.4 Å². The first-order valence-electron chi connectivity index (χ1n) is 11.4. The van der Waals surface area contributed by atoms with Gasteiger partial charge in [-0.1, -0.05) is 48.5 Å². The number of aromatic nitrogens is 2. The van der Waals surface area contributed by atoms with Crippen molar-refractivity contribution >= 4 is 18.0 Å². The molecule has 1 heterocycles. The fourth-order valence-electron chi connectivity index (χ4n) is 4.21. The van der Waals surface area contributed by atoms with E-state index in [9.17, 15) is 19.5 Å². The van der Waals surface area contributed by atoms with Crippen LogP contribution in [0, 0.1) is 0 Å². The van der Waals surface area contributed by atoms with Crippen molar-refractivity contribution in [3.05, 3.63) is 83.9 Å². The lowest BCUT2D eigenvalue weighted by Gasteiger charge is -2.17. The molecule has 0 radical (unpaired) electrons. The summed E-state index contributed by atoms with van der Waals surface area (Å²) in [4.78, 5) is 43.7. The number of carboxylic acid groups (broad SMARTS) is 1. The van der Waals surface area contributed by atoms with Crippen molar-refractivity contribution in [1.29, 1.82) is 0 Å². The number of amides is 2. The van der Waals surface area contributed by atoms with Gasteiger partial charge < -0.3 is 20.5 Å². The molecule has 0 fully saturated rings. The number of nitrogens with one attached hydrogen (secondary N) is 2. The van der Waals surface area contributed by atoms with Crippen molar-refractivity contribution in [3.8, 4) is 11.1 Å². The number of benzene rings is 2. The van der Waals surface area contributed by atoms with Gasteiger partial charge in [0.2, 0.25) is 5.82 Å². The monoisotopic (exact) mass is 474 g/mol. The first-order chi connectivity index (χ1) is 17.0. The van der Waals surface area contributed by atoms with Crippen LogP contribution in [0.1, 0.15) is 46.9 Å². The molecule has 2 amide bonds. The molecule has 0 bridgehead atoms. The smallest absolute Gasteiger partial charge is 0.407 e.